The summed E-state index contributed by atoms with van der Waals surface area (Å²) in [5, 5.41) is 12.1. The molecule has 0 saturated carbocycles. The van der Waals surface area contributed by atoms with Crippen molar-refractivity contribution in [3.63, 3.8) is 0 Å². The molecule has 0 radical (unpaired) electrons. The van der Waals surface area contributed by atoms with E-state index in [1.165, 1.54) is 0 Å². The standard InChI is InChI=1S/C14H13BrN2S/c1-9(2)12(7-16)14-17-13(8-18-14)10-4-3-5-11(15)6-10/h3-6,8-9,12H,1-2H3. The first-order chi connectivity index (χ1) is 8.61. The first-order valence-electron chi connectivity index (χ1n) is 5.73. The van der Waals surface area contributed by atoms with Crippen molar-refractivity contribution >= 4 is 27.3 Å². The van der Waals surface area contributed by atoms with E-state index in [4.69, 9.17) is 0 Å². The second-order valence-corrected chi connectivity index (χ2v) is 6.24. The molecule has 4 heteroatoms. The highest BCUT2D eigenvalue weighted by Crippen LogP contribution is 2.31. The van der Waals surface area contributed by atoms with E-state index in [-0.39, 0.29) is 11.8 Å². The van der Waals surface area contributed by atoms with Crippen LogP contribution < -0.4 is 0 Å². The lowest BCUT2D eigenvalue weighted by atomic mass is 9.98. The van der Waals surface area contributed by atoms with Crippen LogP contribution in [0.15, 0.2) is 34.1 Å². The van der Waals surface area contributed by atoms with E-state index in [0.29, 0.717) is 0 Å². The van der Waals surface area contributed by atoms with Gasteiger partial charge in [0.15, 0.2) is 0 Å². The van der Waals surface area contributed by atoms with Crippen molar-refractivity contribution in [2.24, 2.45) is 5.92 Å². The molecule has 2 nitrogen and oxygen atoms in total. The Morgan fingerprint density at radius 3 is 2.78 bits per heavy atom. The molecule has 0 aliphatic heterocycles. The molecule has 1 heterocycles. The maximum absolute atomic E-state index is 9.18. The topological polar surface area (TPSA) is 36.7 Å². The Kier molecular flexibility index (Phi) is 4.15. The zero-order valence-corrected chi connectivity index (χ0v) is 12.6. The average molecular weight is 321 g/mol. The Labute approximate surface area is 119 Å². The third-order valence-corrected chi connectivity index (χ3v) is 4.14. The van der Waals surface area contributed by atoms with Crippen molar-refractivity contribution < 1.29 is 0 Å². The predicted molar refractivity (Wildman–Crippen MR) is 78.4 cm³/mol. The molecular weight excluding hydrogens is 308 g/mol. The van der Waals surface area contributed by atoms with Gasteiger partial charge in [-0.15, -0.1) is 11.3 Å². The maximum Gasteiger partial charge on any atom is 0.111 e. The van der Waals surface area contributed by atoms with Crippen LogP contribution in [0.1, 0.15) is 24.8 Å². The van der Waals surface area contributed by atoms with Crippen molar-refractivity contribution in [2.75, 3.05) is 0 Å². The fraction of sp³-hybridized carbons (Fsp3) is 0.286. The molecule has 2 rings (SSSR count). The number of hydrogen-bond donors (Lipinski definition) is 0. The van der Waals surface area contributed by atoms with Crippen LogP contribution in [0, 0.1) is 17.2 Å². The van der Waals surface area contributed by atoms with E-state index in [9.17, 15) is 5.26 Å². The largest absolute Gasteiger partial charge is 0.240 e. The lowest BCUT2D eigenvalue weighted by Gasteiger charge is -2.08. The van der Waals surface area contributed by atoms with Gasteiger partial charge < -0.3 is 0 Å². The summed E-state index contributed by atoms with van der Waals surface area (Å²) in [6, 6.07) is 10.4. The molecule has 0 N–H and O–H groups in total. The number of aromatic nitrogens is 1. The van der Waals surface area contributed by atoms with Crippen LogP contribution in [-0.4, -0.2) is 4.98 Å². The zero-order valence-electron chi connectivity index (χ0n) is 10.2. The van der Waals surface area contributed by atoms with Gasteiger partial charge >= 0.3 is 0 Å². The number of rotatable bonds is 3. The third-order valence-electron chi connectivity index (χ3n) is 2.71. The molecule has 1 unspecified atom stereocenters. The van der Waals surface area contributed by atoms with Gasteiger partial charge in [-0.05, 0) is 18.1 Å². The van der Waals surface area contributed by atoms with Crippen molar-refractivity contribution in [1.82, 2.24) is 4.98 Å². The average Bonchev–Trinajstić information content (AvgIpc) is 2.79. The lowest BCUT2D eigenvalue weighted by molar-refractivity contribution is 0.585. The summed E-state index contributed by atoms with van der Waals surface area (Å²) < 4.78 is 1.04. The molecule has 0 aliphatic rings. The molecule has 0 spiro atoms. The van der Waals surface area contributed by atoms with E-state index in [0.717, 1.165) is 20.7 Å². The van der Waals surface area contributed by atoms with Gasteiger partial charge in [-0.25, -0.2) is 4.98 Å². The fourth-order valence-corrected chi connectivity index (χ4v) is 3.14. The summed E-state index contributed by atoms with van der Waals surface area (Å²) in [7, 11) is 0. The molecular formula is C14H13BrN2S. The van der Waals surface area contributed by atoms with E-state index >= 15 is 0 Å². The molecule has 0 aliphatic carbocycles. The number of benzene rings is 1. The molecule has 1 aromatic carbocycles. The minimum absolute atomic E-state index is 0.115. The Bertz CT molecular complexity index is 583. The number of nitrogens with zero attached hydrogens (tertiary/aromatic N) is 2. The monoisotopic (exact) mass is 320 g/mol. The Morgan fingerprint density at radius 2 is 2.17 bits per heavy atom. The summed E-state index contributed by atoms with van der Waals surface area (Å²) in [6.07, 6.45) is 0. The second kappa shape index (κ2) is 5.64. The van der Waals surface area contributed by atoms with Gasteiger partial charge in [-0.2, -0.15) is 5.26 Å². The van der Waals surface area contributed by atoms with Crippen LogP contribution in [0.3, 0.4) is 0 Å². The second-order valence-electron chi connectivity index (χ2n) is 4.43. The molecule has 0 saturated heterocycles. The summed E-state index contributed by atoms with van der Waals surface area (Å²) >= 11 is 5.02. The van der Waals surface area contributed by atoms with Gasteiger partial charge in [0.25, 0.3) is 0 Å². The summed E-state index contributed by atoms with van der Waals surface area (Å²) in [4.78, 5) is 4.59. The number of thiazole rings is 1. The third kappa shape index (κ3) is 2.80. The van der Waals surface area contributed by atoms with Crippen LogP contribution in [0.25, 0.3) is 11.3 Å². The van der Waals surface area contributed by atoms with Crippen molar-refractivity contribution in [3.05, 3.63) is 39.1 Å². The van der Waals surface area contributed by atoms with Gasteiger partial charge in [-0.1, -0.05) is 41.9 Å². The molecule has 0 fully saturated rings. The van der Waals surface area contributed by atoms with Crippen molar-refractivity contribution in [3.8, 4) is 17.3 Å². The minimum Gasteiger partial charge on any atom is -0.240 e. The van der Waals surface area contributed by atoms with Crippen LogP contribution in [0.2, 0.25) is 0 Å². The molecule has 0 amide bonds. The molecule has 0 bridgehead atoms. The smallest absolute Gasteiger partial charge is 0.111 e. The van der Waals surface area contributed by atoms with Gasteiger partial charge in [0, 0.05) is 15.4 Å². The first kappa shape index (κ1) is 13.3. The van der Waals surface area contributed by atoms with Crippen LogP contribution in [0.5, 0.6) is 0 Å². The fourth-order valence-electron chi connectivity index (χ4n) is 1.70. The van der Waals surface area contributed by atoms with Crippen LogP contribution >= 0.6 is 27.3 Å². The van der Waals surface area contributed by atoms with E-state index in [1.54, 1.807) is 11.3 Å². The van der Waals surface area contributed by atoms with Gasteiger partial charge in [0.05, 0.1) is 11.8 Å². The highest BCUT2D eigenvalue weighted by molar-refractivity contribution is 9.10. The quantitative estimate of drug-likeness (QED) is 0.811. The van der Waals surface area contributed by atoms with Crippen LogP contribution in [0.4, 0.5) is 0 Å². The lowest BCUT2D eigenvalue weighted by Crippen LogP contribution is -2.03. The number of halogens is 1. The van der Waals surface area contributed by atoms with Crippen molar-refractivity contribution in [2.45, 2.75) is 19.8 Å². The number of nitriles is 1. The van der Waals surface area contributed by atoms with Gasteiger partial charge in [0.1, 0.15) is 10.9 Å². The molecule has 92 valence electrons. The first-order valence-corrected chi connectivity index (χ1v) is 7.40. The van der Waals surface area contributed by atoms with Crippen LogP contribution in [-0.2, 0) is 0 Å². The summed E-state index contributed by atoms with van der Waals surface area (Å²) in [5.41, 5.74) is 2.02. The number of hydrogen-bond acceptors (Lipinski definition) is 3. The Morgan fingerprint density at radius 1 is 1.39 bits per heavy atom. The van der Waals surface area contributed by atoms with E-state index in [2.05, 4.69) is 27.0 Å². The van der Waals surface area contributed by atoms with Gasteiger partial charge in [-0.3, -0.25) is 0 Å². The van der Waals surface area contributed by atoms with E-state index in [1.807, 2.05) is 43.5 Å². The zero-order chi connectivity index (χ0) is 13.1. The summed E-state index contributed by atoms with van der Waals surface area (Å²) in [5.74, 6) is 0.174. The van der Waals surface area contributed by atoms with Crippen molar-refractivity contribution in [1.29, 1.82) is 5.26 Å². The predicted octanol–water partition coefficient (Wildman–Crippen LogP) is 4.84. The minimum atomic E-state index is -0.115. The molecule has 1 aromatic heterocycles. The Balaban J connectivity index is 2.34. The summed E-state index contributed by atoms with van der Waals surface area (Å²) in [6.45, 7) is 4.10. The molecule has 1 atom stereocenters. The maximum atomic E-state index is 9.18. The Hall–Kier alpha value is -1.18. The SMILES string of the molecule is CC(C)C(C#N)c1nc(-c2cccc(Br)c2)cs1. The molecule has 18 heavy (non-hydrogen) atoms. The normalized spacial score (nSPS) is 12.4. The highest BCUT2D eigenvalue weighted by atomic mass is 79.9. The highest BCUT2D eigenvalue weighted by Gasteiger charge is 2.19. The molecule has 2 aromatic rings. The van der Waals surface area contributed by atoms with Gasteiger partial charge in [0.2, 0.25) is 0 Å². The van der Waals surface area contributed by atoms with E-state index < -0.39 is 0 Å².